The van der Waals surface area contributed by atoms with Crippen molar-refractivity contribution in [3.8, 4) is 0 Å². The number of nitrogens with one attached hydrogen (secondary N) is 1. The third-order valence-electron chi connectivity index (χ3n) is 2.70. The molecule has 2 rings (SSSR count). The quantitative estimate of drug-likeness (QED) is 0.825. The van der Waals surface area contributed by atoms with E-state index in [1.807, 2.05) is 19.1 Å². The van der Waals surface area contributed by atoms with Crippen LogP contribution in [0.4, 0.5) is 11.4 Å². The largest absolute Gasteiger partial charge is 0.468 e. The van der Waals surface area contributed by atoms with Crippen molar-refractivity contribution in [1.29, 1.82) is 0 Å². The highest BCUT2D eigenvalue weighted by molar-refractivity contribution is 7.99. The lowest BCUT2D eigenvalue weighted by Crippen LogP contribution is -2.23. The van der Waals surface area contributed by atoms with E-state index in [0.29, 0.717) is 22.2 Å². The Morgan fingerprint density at radius 1 is 1.50 bits per heavy atom. The Morgan fingerprint density at radius 3 is 2.95 bits per heavy atom. The summed E-state index contributed by atoms with van der Waals surface area (Å²) in [6, 6.07) is 8.70. The molecule has 106 valence electrons. The molecule has 4 nitrogen and oxygen atoms in total. The van der Waals surface area contributed by atoms with Gasteiger partial charge in [-0.05, 0) is 37.3 Å². The van der Waals surface area contributed by atoms with Crippen LogP contribution in [0.25, 0.3) is 0 Å². The fraction of sp³-hybridized carbons (Fsp3) is 0.214. The van der Waals surface area contributed by atoms with Gasteiger partial charge in [-0.3, -0.25) is 4.79 Å². The van der Waals surface area contributed by atoms with Gasteiger partial charge < -0.3 is 15.5 Å². The summed E-state index contributed by atoms with van der Waals surface area (Å²) in [4.78, 5) is 12.1. The molecule has 1 atom stereocenters. The number of nitrogen functional groups attached to an aromatic ring is 1. The maximum absolute atomic E-state index is 12.1. The van der Waals surface area contributed by atoms with Crippen molar-refractivity contribution in [2.75, 3.05) is 11.1 Å². The topological polar surface area (TPSA) is 68.3 Å². The minimum absolute atomic E-state index is 0.101. The summed E-state index contributed by atoms with van der Waals surface area (Å²) < 4.78 is 5.23. The lowest BCUT2D eigenvalue weighted by molar-refractivity contribution is -0.115. The normalized spacial score (nSPS) is 12.1. The second-order valence-corrected chi connectivity index (χ2v) is 6.02. The summed E-state index contributed by atoms with van der Waals surface area (Å²) in [7, 11) is 0. The Hall–Kier alpha value is -1.59. The van der Waals surface area contributed by atoms with Gasteiger partial charge in [-0.15, -0.1) is 11.8 Å². The van der Waals surface area contributed by atoms with Crippen LogP contribution in [-0.4, -0.2) is 11.2 Å². The fourth-order valence-corrected chi connectivity index (χ4v) is 2.53. The molecule has 1 aromatic carbocycles. The summed E-state index contributed by atoms with van der Waals surface area (Å²) in [5.74, 6) is 1.40. The van der Waals surface area contributed by atoms with Crippen LogP contribution in [0.15, 0.2) is 41.0 Å². The maximum Gasteiger partial charge on any atom is 0.237 e. The minimum Gasteiger partial charge on any atom is -0.468 e. The first-order valence-electron chi connectivity index (χ1n) is 6.06. The van der Waals surface area contributed by atoms with E-state index in [4.69, 9.17) is 21.8 Å². The van der Waals surface area contributed by atoms with Crippen LogP contribution in [0.1, 0.15) is 12.7 Å². The number of benzene rings is 1. The highest BCUT2D eigenvalue weighted by Gasteiger charge is 2.15. The van der Waals surface area contributed by atoms with Crippen molar-refractivity contribution in [2.24, 2.45) is 0 Å². The highest BCUT2D eigenvalue weighted by Crippen LogP contribution is 2.24. The molecule has 0 aliphatic carbocycles. The molecule has 0 spiro atoms. The number of carbonyl (C=O) groups excluding carboxylic acids is 1. The molecule has 0 saturated carbocycles. The zero-order valence-electron chi connectivity index (χ0n) is 10.9. The van der Waals surface area contributed by atoms with Gasteiger partial charge in [0.15, 0.2) is 0 Å². The molecule has 1 unspecified atom stereocenters. The van der Waals surface area contributed by atoms with Crippen LogP contribution < -0.4 is 11.1 Å². The van der Waals surface area contributed by atoms with E-state index >= 15 is 0 Å². The first-order chi connectivity index (χ1) is 9.56. The van der Waals surface area contributed by atoms with Gasteiger partial charge in [0.2, 0.25) is 5.91 Å². The molecule has 0 bridgehead atoms. The average Bonchev–Trinajstić information content (AvgIpc) is 2.92. The molecule has 3 N–H and O–H groups in total. The van der Waals surface area contributed by atoms with E-state index in [-0.39, 0.29) is 11.2 Å². The van der Waals surface area contributed by atoms with E-state index < -0.39 is 0 Å². The lowest BCUT2D eigenvalue weighted by atomic mass is 10.2. The Labute approximate surface area is 126 Å². The Bertz CT molecular complexity index is 587. The van der Waals surface area contributed by atoms with Gasteiger partial charge in [0, 0.05) is 5.02 Å². The molecule has 2 aromatic rings. The molecular formula is C14H15ClN2O2S. The summed E-state index contributed by atoms with van der Waals surface area (Å²) >= 11 is 7.31. The van der Waals surface area contributed by atoms with Crippen LogP contribution in [0, 0.1) is 0 Å². The van der Waals surface area contributed by atoms with Crippen LogP contribution in [0.5, 0.6) is 0 Å². The van der Waals surface area contributed by atoms with E-state index in [1.54, 1.807) is 24.5 Å². The smallest absolute Gasteiger partial charge is 0.237 e. The molecule has 1 amide bonds. The lowest BCUT2D eigenvalue weighted by Gasteiger charge is -2.13. The van der Waals surface area contributed by atoms with Crippen molar-refractivity contribution in [3.63, 3.8) is 0 Å². The number of hydrogen-bond acceptors (Lipinski definition) is 4. The van der Waals surface area contributed by atoms with E-state index in [1.165, 1.54) is 11.8 Å². The van der Waals surface area contributed by atoms with Gasteiger partial charge in [-0.25, -0.2) is 0 Å². The second kappa shape index (κ2) is 6.72. The van der Waals surface area contributed by atoms with E-state index in [0.717, 1.165) is 5.76 Å². The number of rotatable bonds is 5. The van der Waals surface area contributed by atoms with Gasteiger partial charge in [-0.1, -0.05) is 11.6 Å². The van der Waals surface area contributed by atoms with Crippen molar-refractivity contribution in [3.05, 3.63) is 47.4 Å². The molecule has 0 aliphatic heterocycles. The number of furan rings is 1. The average molecular weight is 311 g/mol. The van der Waals surface area contributed by atoms with E-state index in [9.17, 15) is 4.79 Å². The summed E-state index contributed by atoms with van der Waals surface area (Å²) in [5.41, 5.74) is 6.83. The molecule has 0 saturated heterocycles. The third kappa shape index (κ3) is 3.95. The van der Waals surface area contributed by atoms with Crippen LogP contribution >= 0.6 is 23.4 Å². The van der Waals surface area contributed by atoms with Crippen molar-refractivity contribution >= 4 is 40.6 Å². The van der Waals surface area contributed by atoms with Crippen LogP contribution in [0.2, 0.25) is 5.02 Å². The molecule has 20 heavy (non-hydrogen) atoms. The Kier molecular flexibility index (Phi) is 4.98. The van der Waals surface area contributed by atoms with Gasteiger partial charge in [0.1, 0.15) is 5.76 Å². The molecular weight excluding hydrogens is 296 g/mol. The summed E-state index contributed by atoms with van der Waals surface area (Å²) in [6.45, 7) is 1.84. The minimum atomic E-state index is -0.213. The van der Waals surface area contributed by atoms with Crippen LogP contribution in [0.3, 0.4) is 0 Å². The predicted molar refractivity (Wildman–Crippen MR) is 84.0 cm³/mol. The first-order valence-corrected chi connectivity index (χ1v) is 7.49. The predicted octanol–water partition coefficient (Wildman–Crippen LogP) is 3.78. The third-order valence-corrected chi connectivity index (χ3v) is 4.10. The fourth-order valence-electron chi connectivity index (χ4n) is 1.56. The Morgan fingerprint density at radius 2 is 2.30 bits per heavy atom. The van der Waals surface area contributed by atoms with Gasteiger partial charge in [0.25, 0.3) is 0 Å². The molecule has 1 aromatic heterocycles. The zero-order valence-corrected chi connectivity index (χ0v) is 12.5. The maximum atomic E-state index is 12.1. The van der Waals surface area contributed by atoms with Crippen molar-refractivity contribution in [1.82, 2.24) is 0 Å². The molecule has 6 heteroatoms. The van der Waals surface area contributed by atoms with Crippen LogP contribution in [-0.2, 0) is 10.5 Å². The van der Waals surface area contributed by atoms with Gasteiger partial charge in [-0.2, -0.15) is 0 Å². The first kappa shape index (κ1) is 14.8. The van der Waals surface area contributed by atoms with E-state index in [2.05, 4.69) is 5.32 Å². The van der Waals surface area contributed by atoms with Crippen molar-refractivity contribution in [2.45, 2.75) is 17.9 Å². The zero-order chi connectivity index (χ0) is 14.5. The number of anilines is 2. The number of amides is 1. The number of nitrogens with two attached hydrogens (primary N) is 1. The van der Waals surface area contributed by atoms with Crippen molar-refractivity contribution < 1.29 is 9.21 Å². The number of thioether (sulfide) groups is 1. The second-order valence-electron chi connectivity index (χ2n) is 4.25. The summed E-state index contributed by atoms with van der Waals surface area (Å²) in [5, 5.41) is 3.12. The number of hydrogen-bond donors (Lipinski definition) is 2. The monoisotopic (exact) mass is 310 g/mol. The molecule has 0 aliphatic rings. The number of carbonyl (C=O) groups is 1. The van der Waals surface area contributed by atoms with Gasteiger partial charge in [0.05, 0.1) is 28.6 Å². The summed E-state index contributed by atoms with van der Waals surface area (Å²) in [6.07, 6.45) is 1.62. The highest BCUT2D eigenvalue weighted by atomic mass is 35.5. The SMILES string of the molecule is CC(SCc1ccco1)C(=O)Nc1ccc(Cl)cc1N. The molecule has 0 radical (unpaired) electrons. The molecule has 1 heterocycles. The van der Waals surface area contributed by atoms with Gasteiger partial charge >= 0.3 is 0 Å². The molecule has 0 fully saturated rings. The standard InChI is InChI=1S/C14H15ClN2O2S/c1-9(20-8-11-3-2-6-19-11)14(18)17-13-5-4-10(15)7-12(13)16/h2-7,9H,8,16H2,1H3,(H,17,18). The number of halogens is 1. The Balaban J connectivity index is 1.90.